The van der Waals surface area contributed by atoms with Crippen molar-refractivity contribution in [3.63, 3.8) is 0 Å². The number of nitrogens with zero attached hydrogens (tertiary/aromatic N) is 1. The number of rotatable bonds is 2. The number of anilines is 2. The van der Waals surface area contributed by atoms with Crippen LogP contribution < -0.4 is 10.2 Å². The van der Waals surface area contributed by atoms with E-state index in [1.807, 2.05) is 0 Å². The second-order valence-electron chi connectivity index (χ2n) is 4.76. The van der Waals surface area contributed by atoms with Gasteiger partial charge < -0.3 is 15.3 Å². The fourth-order valence-corrected chi connectivity index (χ4v) is 2.33. The Morgan fingerprint density at radius 3 is 2.83 bits per heavy atom. The van der Waals surface area contributed by atoms with Gasteiger partial charge in [-0.05, 0) is 31.0 Å². The molecule has 1 heterocycles. The van der Waals surface area contributed by atoms with Crippen molar-refractivity contribution in [1.29, 1.82) is 0 Å². The van der Waals surface area contributed by atoms with Gasteiger partial charge in [-0.3, -0.25) is 4.79 Å². The van der Waals surface area contributed by atoms with Gasteiger partial charge in [0.1, 0.15) is 0 Å². The van der Waals surface area contributed by atoms with Gasteiger partial charge in [0.2, 0.25) is 5.91 Å². The summed E-state index contributed by atoms with van der Waals surface area (Å²) in [5, 5.41) is 11.9. The third-order valence-electron chi connectivity index (χ3n) is 3.40. The van der Waals surface area contributed by atoms with Crippen molar-refractivity contribution in [2.75, 3.05) is 16.8 Å². The van der Waals surface area contributed by atoms with Crippen LogP contribution in [0.15, 0.2) is 18.2 Å². The van der Waals surface area contributed by atoms with Gasteiger partial charge in [0.05, 0.1) is 16.9 Å². The van der Waals surface area contributed by atoms with Crippen molar-refractivity contribution in [1.82, 2.24) is 0 Å². The number of hydrogen-bond acceptors (Lipinski definition) is 3. The maximum Gasteiger partial charge on any atom is 0.335 e. The molecule has 1 aromatic rings. The van der Waals surface area contributed by atoms with Crippen molar-refractivity contribution < 1.29 is 14.7 Å². The van der Waals surface area contributed by atoms with E-state index in [4.69, 9.17) is 5.11 Å². The largest absolute Gasteiger partial charge is 0.478 e. The minimum Gasteiger partial charge on any atom is -0.478 e. The summed E-state index contributed by atoms with van der Waals surface area (Å²) in [6, 6.07) is 5.32. The molecule has 1 aliphatic carbocycles. The second kappa shape index (κ2) is 4.01. The van der Waals surface area contributed by atoms with E-state index in [9.17, 15) is 9.59 Å². The molecule has 3 rings (SSSR count). The van der Waals surface area contributed by atoms with E-state index < -0.39 is 5.97 Å². The summed E-state index contributed by atoms with van der Waals surface area (Å²) in [4.78, 5) is 24.8. The fraction of sp³-hybridized carbons (Fsp3) is 0.385. The lowest BCUT2D eigenvalue weighted by atomic mass is 10.1. The molecule has 0 atom stereocenters. The van der Waals surface area contributed by atoms with Crippen molar-refractivity contribution in [3.05, 3.63) is 23.8 Å². The molecule has 0 unspecified atom stereocenters. The molecule has 0 bridgehead atoms. The molecule has 94 valence electrons. The zero-order valence-corrected chi connectivity index (χ0v) is 9.85. The maximum absolute atomic E-state index is 11.6. The van der Waals surface area contributed by atoms with Gasteiger partial charge in [-0.2, -0.15) is 0 Å². The lowest BCUT2D eigenvalue weighted by Crippen LogP contribution is -2.26. The van der Waals surface area contributed by atoms with E-state index >= 15 is 0 Å². The van der Waals surface area contributed by atoms with Gasteiger partial charge in [0.15, 0.2) is 0 Å². The third kappa shape index (κ3) is 1.92. The molecule has 5 heteroatoms. The van der Waals surface area contributed by atoms with Gasteiger partial charge >= 0.3 is 5.97 Å². The van der Waals surface area contributed by atoms with E-state index in [0.29, 0.717) is 19.0 Å². The molecule has 2 N–H and O–H groups in total. The van der Waals surface area contributed by atoms with Crippen LogP contribution in [0.3, 0.4) is 0 Å². The third-order valence-corrected chi connectivity index (χ3v) is 3.40. The van der Waals surface area contributed by atoms with E-state index in [0.717, 1.165) is 24.2 Å². The summed E-state index contributed by atoms with van der Waals surface area (Å²) >= 11 is 0. The number of carboxylic acid groups (broad SMARTS) is 1. The average molecular weight is 246 g/mol. The van der Waals surface area contributed by atoms with Gasteiger partial charge in [-0.25, -0.2) is 4.79 Å². The molecule has 1 aliphatic heterocycles. The highest BCUT2D eigenvalue weighted by Crippen LogP contribution is 2.38. The highest BCUT2D eigenvalue weighted by atomic mass is 16.4. The Labute approximate surface area is 104 Å². The zero-order valence-electron chi connectivity index (χ0n) is 9.85. The number of carbonyl (C=O) groups is 2. The molecule has 18 heavy (non-hydrogen) atoms. The van der Waals surface area contributed by atoms with Crippen LogP contribution >= 0.6 is 0 Å². The SMILES string of the molecule is O=C1CCN(C2CC2)c2cc(C(=O)O)ccc2N1. The predicted octanol–water partition coefficient (Wildman–Crippen LogP) is 1.70. The number of aromatic carboxylic acids is 1. The Hall–Kier alpha value is -2.04. The number of benzene rings is 1. The predicted molar refractivity (Wildman–Crippen MR) is 67.0 cm³/mol. The van der Waals surface area contributed by atoms with E-state index in [2.05, 4.69) is 10.2 Å². The smallest absolute Gasteiger partial charge is 0.335 e. The van der Waals surface area contributed by atoms with Gasteiger partial charge in [-0.15, -0.1) is 0 Å². The Morgan fingerprint density at radius 1 is 1.39 bits per heavy atom. The average Bonchev–Trinajstić information content (AvgIpc) is 3.14. The summed E-state index contributed by atoms with van der Waals surface area (Å²) in [5.74, 6) is -0.952. The number of amides is 1. The number of carboxylic acids is 1. The molecule has 1 amide bonds. The summed E-state index contributed by atoms with van der Waals surface area (Å²) in [6.07, 6.45) is 2.68. The first-order valence-corrected chi connectivity index (χ1v) is 6.09. The summed E-state index contributed by atoms with van der Waals surface area (Å²) in [7, 11) is 0. The highest BCUT2D eigenvalue weighted by Gasteiger charge is 2.32. The molecular weight excluding hydrogens is 232 g/mol. The van der Waals surface area contributed by atoms with Crippen LogP contribution in [-0.4, -0.2) is 29.6 Å². The topological polar surface area (TPSA) is 69.6 Å². The van der Waals surface area contributed by atoms with Crippen LogP contribution in [0.4, 0.5) is 11.4 Å². The molecule has 0 saturated heterocycles. The van der Waals surface area contributed by atoms with Crippen LogP contribution in [-0.2, 0) is 4.79 Å². The Balaban J connectivity index is 2.05. The van der Waals surface area contributed by atoms with Crippen LogP contribution in [0.5, 0.6) is 0 Å². The Morgan fingerprint density at radius 2 is 2.17 bits per heavy atom. The van der Waals surface area contributed by atoms with Crippen LogP contribution in [0.2, 0.25) is 0 Å². The van der Waals surface area contributed by atoms with E-state index in [1.165, 1.54) is 6.07 Å². The first-order chi connectivity index (χ1) is 8.65. The molecule has 1 fully saturated rings. The number of fused-ring (bicyclic) bond motifs is 1. The molecule has 1 aromatic carbocycles. The molecule has 5 nitrogen and oxygen atoms in total. The Kier molecular flexibility index (Phi) is 2.47. The molecule has 0 radical (unpaired) electrons. The van der Waals surface area contributed by atoms with Crippen LogP contribution in [0.25, 0.3) is 0 Å². The molecular formula is C13H14N2O3. The van der Waals surface area contributed by atoms with Gasteiger partial charge in [0, 0.05) is 19.0 Å². The fourth-order valence-electron chi connectivity index (χ4n) is 2.33. The first-order valence-electron chi connectivity index (χ1n) is 6.09. The minimum absolute atomic E-state index is 0.0116. The van der Waals surface area contributed by atoms with Crippen molar-refractivity contribution in [2.45, 2.75) is 25.3 Å². The standard InChI is InChI=1S/C13H14N2O3/c16-12-5-6-15(9-2-3-9)11-7-8(13(17)18)1-4-10(11)14-12/h1,4,7,9H,2-3,5-6H2,(H,14,16)(H,17,18). The maximum atomic E-state index is 11.6. The first kappa shape index (κ1) is 11.1. The monoisotopic (exact) mass is 246 g/mol. The van der Waals surface area contributed by atoms with Crippen molar-refractivity contribution >= 4 is 23.3 Å². The van der Waals surface area contributed by atoms with E-state index in [1.54, 1.807) is 12.1 Å². The van der Waals surface area contributed by atoms with Crippen molar-refractivity contribution in [3.8, 4) is 0 Å². The van der Waals surface area contributed by atoms with Crippen molar-refractivity contribution in [2.24, 2.45) is 0 Å². The zero-order chi connectivity index (χ0) is 12.7. The highest BCUT2D eigenvalue weighted by molar-refractivity contribution is 5.98. The lowest BCUT2D eigenvalue weighted by molar-refractivity contribution is -0.115. The minimum atomic E-state index is -0.941. The normalized spacial score (nSPS) is 18.9. The summed E-state index contributed by atoms with van der Waals surface area (Å²) in [5.41, 5.74) is 1.81. The number of nitrogens with one attached hydrogen (secondary N) is 1. The van der Waals surface area contributed by atoms with Crippen LogP contribution in [0, 0.1) is 0 Å². The second-order valence-corrected chi connectivity index (χ2v) is 4.76. The molecule has 1 saturated carbocycles. The molecule has 0 aromatic heterocycles. The van der Waals surface area contributed by atoms with Crippen LogP contribution in [0.1, 0.15) is 29.6 Å². The Bertz CT molecular complexity index is 523. The van der Waals surface area contributed by atoms with Gasteiger partial charge in [0.25, 0.3) is 0 Å². The molecule has 2 aliphatic rings. The molecule has 0 spiro atoms. The van der Waals surface area contributed by atoms with Gasteiger partial charge in [-0.1, -0.05) is 0 Å². The lowest BCUT2D eigenvalue weighted by Gasteiger charge is -2.24. The number of hydrogen-bond donors (Lipinski definition) is 2. The summed E-state index contributed by atoms with van der Waals surface area (Å²) < 4.78 is 0. The summed E-state index contributed by atoms with van der Waals surface area (Å²) in [6.45, 7) is 0.659. The quantitative estimate of drug-likeness (QED) is 0.833. The number of carbonyl (C=O) groups excluding carboxylic acids is 1. The van der Waals surface area contributed by atoms with E-state index in [-0.39, 0.29) is 11.5 Å².